The van der Waals surface area contributed by atoms with Gasteiger partial charge in [-0.25, -0.2) is 4.39 Å². The number of aliphatic hydroxyl groups is 1. The highest BCUT2D eigenvalue weighted by atomic mass is 127. The third kappa shape index (κ3) is 5.50. The minimum atomic E-state index is -1.05. The predicted molar refractivity (Wildman–Crippen MR) is 125 cm³/mol. The molecule has 1 heterocycles. The quantitative estimate of drug-likeness (QED) is 0.412. The van der Waals surface area contributed by atoms with Crippen molar-refractivity contribution in [2.45, 2.75) is 18.4 Å². The highest BCUT2D eigenvalue weighted by Gasteiger charge is 2.43. The molecule has 5 nitrogen and oxygen atoms in total. The van der Waals surface area contributed by atoms with Gasteiger partial charge in [0.05, 0.1) is 5.60 Å². The van der Waals surface area contributed by atoms with Crippen molar-refractivity contribution in [2.75, 3.05) is 33.2 Å². The van der Waals surface area contributed by atoms with Gasteiger partial charge in [0.1, 0.15) is 5.82 Å². The first-order valence-corrected chi connectivity index (χ1v) is 11.2. The van der Waals surface area contributed by atoms with Crippen LogP contribution in [0.15, 0.2) is 42.5 Å². The largest absolute Gasteiger partial charge is 0.385 e. The molecule has 3 rings (SSSR count). The highest BCUT2D eigenvalue weighted by Crippen LogP contribution is 2.38. The Morgan fingerprint density at radius 1 is 1.40 bits per heavy atom. The zero-order valence-electron chi connectivity index (χ0n) is 16.8. The van der Waals surface area contributed by atoms with Gasteiger partial charge in [0.15, 0.2) is 0 Å². The SMILES string of the molecule is CN(I)CC1CN(CCc2ccc(F)cc2Cl)CCC1(O)c1cccc(C(N)=O)c1. The lowest BCUT2D eigenvalue weighted by Crippen LogP contribution is -2.53. The fourth-order valence-electron chi connectivity index (χ4n) is 4.13. The average Bonchev–Trinajstić information content (AvgIpc) is 2.69. The Kier molecular flexibility index (Phi) is 7.73. The van der Waals surface area contributed by atoms with Crippen molar-refractivity contribution in [1.82, 2.24) is 8.01 Å². The second kappa shape index (κ2) is 9.91. The Hall–Kier alpha value is -1.26. The van der Waals surface area contributed by atoms with E-state index in [0.717, 1.165) is 17.7 Å². The molecular formula is C22H26ClFIN3O2. The van der Waals surface area contributed by atoms with Crippen LogP contribution >= 0.6 is 34.5 Å². The number of hydrogen-bond acceptors (Lipinski definition) is 4. The van der Waals surface area contributed by atoms with Crippen LogP contribution < -0.4 is 5.73 Å². The van der Waals surface area contributed by atoms with Gasteiger partial charge in [-0.15, -0.1) is 0 Å². The van der Waals surface area contributed by atoms with Gasteiger partial charge < -0.3 is 15.7 Å². The Morgan fingerprint density at radius 3 is 2.83 bits per heavy atom. The molecule has 0 spiro atoms. The molecule has 0 radical (unpaired) electrons. The summed E-state index contributed by atoms with van der Waals surface area (Å²) >= 11 is 8.39. The van der Waals surface area contributed by atoms with E-state index in [1.807, 2.05) is 16.2 Å². The second-order valence-electron chi connectivity index (χ2n) is 7.89. The van der Waals surface area contributed by atoms with Crippen LogP contribution in [0.4, 0.5) is 4.39 Å². The van der Waals surface area contributed by atoms with Crippen molar-refractivity contribution in [3.8, 4) is 0 Å². The first kappa shape index (κ1) is 23.4. The van der Waals surface area contributed by atoms with E-state index in [2.05, 4.69) is 27.8 Å². The maximum Gasteiger partial charge on any atom is 0.248 e. The number of likely N-dealkylation sites (tertiary alicyclic amines) is 1. The number of carbonyl (C=O) groups is 1. The van der Waals surface area contributed by atoms with Crippen molar-refractivity contribution in [3.05, 3.63) is 70.0 Å². The highest BCUT2D eigenvalue weighted by molar-refractivity contribution is 14.1. The summed E-state index contributed by atoms with van der Waals surface area (Å²) in [6.45, 7) is 2.86. The smallest absolute Gasteiger partial charge is 0.248 e. The van der Waals surface area contributed by atoms with Crippen LogP contribution in [0.1, 0.15) is 27.9 Å². The number of halogens is 3. The summed E-state index contributed by atoms with van der Waals surface area (Å²) in [6.07, 6.45) is 1.25. The molecule has 1 aliphatic heterocycles. The van der Waals surface area contributed by atoms with Crippen LogP contribution in [0.2, 0.25) is 5.02 Å². The maximum absolute atomic E-state index is 13.3. The van der Waals surface area contributed by atoms with E-state index in [0.29, 0.717) is 43.1 Å². The van der Waals surface area contributed by atoms with Crippen LogP contribution in [0.25, 0.3) is 0 Å². The first-order chi connectivity index (χ1) is 14.2. The molecule has 30 heavy (non-hydrogen) atoms. The van der Waals surface area contributed by atoms with E-state index in [1.54, 1.807) is 24.3 Å². The van der Waals surface area contributed by atoms with Crippen molar-refractivity contribution in [1.29, 1.82) is 0 Å². The Labute approximate surface area is 195 Å². The van der Waals surface area contributed by atoms with Crippen molar-refractivity contribution < 1.29 is 14.3 Å². The van der Waals surface area contributed by atoms with Gasteiger partial charge in [0.2, 0.25) is 5.91 Å². The molecule has 8 heteroatoms. The topological polar surface area (TPSA) is 69.8 Å². The summed E-state index contributed by atoms with van der Waals surface area (Å²) in [6, 6.07) is 11.5. The number of piperidine rings is 1. The van der Waals surface area contributed by atoms with E-state index in [1.165, 1.54) is 12.1 Å². The first-order valence-electron chi connectivity index (χ1n) is 9.85. The Morgan fingerprint density at radius 2 is 2.17 bits per heavy atom. The number of carbonyl (C=O) groups excluding carboxylic acids is 1. The molecule has 1 aliphatic rings. The Bertz CT molecular complexity index is 914. The van der Waals surface area contributed by atoms with Crippen LogP contribution in [-0.4, -0.2) is 52.3 Å². The molecule has 2 aromatic rings. The van der Waals surface area contributed by atoms with Gasteiger partial charge in [0.25, 0.3) is 0 Å². The third-order valence-electron chi connectivity index (χ3n) is 5.79. The standard InChI is InChI=1S/C22H26ClFIN3O2/c1-27(25)13-18-14-28(9-7-15-5-6-19(24)12-20(15)23)10-8-22(18,30)17-4-2-3-16(11-17)21(26)29/h2-6,11-12,18,30H,7-10,13-14H2,1H3,(H2,26,29). The molecule has 0 aromatic heterocycles. The number of nitrogens with zero attached hydrogens (tertiary/aromatic N) is 2. The maximum atomic E-state index is 13.3. The number of amides is 1. The minimum absolute atomic E-state index is 0.0556. The number of nitrogens with two attached hydrogens (primary N) is 1. The third-order valence-corrected chi connectivity index (χ3v) is 6.54. The molecule has 2 atom stereocenters. The van der Waals surface area contributed by atoms with Crippen LogP contribution in [0.5, 0.6) is 0 Å². The molecule has 1 fully saturated rings. The molecule has 1 saturated heterocycles. The van der Waals surface area contributed by atoms with E-state index >= 15 is 0 Å². The number of rotatable bonds is 7. The molecule has 0 saturated carbocycles. The summed E-state index contributed by atoms with van der Waals surface area (Å²) in [7, 11) is 1.97. The number of hydrogen-bond donors (Lipinski definition) is 2. The van der Waals surface area contributed by atoms with Gasteiger partial charge in [-0.3, -0.25) is 7.91 Å². The molecule has 2 aromatic carbocycles. The van der Waals surface area contributed by atoms with E-state index in [-0.39, 0.29) is 11.7 Å². The average molecular weight is 546 g/mol. The molecule has 3 N–H and O–H groups in total. The van der Waals surface area contributed by atoms with Crippen molar-refractivity contribution in [3.63, 3.8) is 0 Å². The van der Waals surface area contributed by atoms with Gasteiger partial charge in [0, 0.05) is 65.5 Å². The molecule has 0 aliphatic carbocycles. The lowest BCUT2D eigenvalue weighted by Gasteiger charge is -2.46. The molecule has 1 amide bonds. The summed E-state index contributed by atoms with van der Waals surface area (Å²) in [5, 5.41) is 12.1. The van der Waals surface area contributed by atoms with Crippen LogP contribution in [0, 0.1) is 11.7 Å². The Balaban J connectivity index is 1.76. The molecule has 162 valence electrons. The summed E-state index contributed by atoms with van der Waals surface area (Å²) in [5.41, 5.74) is 6.43. The lowest BCUT2D eigenvalue weighted by molar-refractivity contribution is -0.0798. The van der Waals surface area contributed by atoms with Crippen LogP contribution in [0.3, 0.4) is 0 Å². The van der Waals surface area contributed by atoms with Gasteiger partial charge in [-0.2, -0.15) is 0 Å². The monoisotopic (exact) mass is 545 g/mol. The van der Waals surface area contributed by atoms with Gasteiger partial charge >= 0.3 is 0 Å². The predicted octanol–water partition coefficient (Wildman–Crippen LogP) is 3.61. The molecule has 0 bridgehead atoms. The summed E-state index contributed by atoms with van der Waals surface area (Å²) in [4.78, 5) is 13.9. The van der Waals surface area contributed by atoms with Gasteiger partial charge in [-0.05, 0) is 55.3 Å². The van der Waals surface area contributed by atoms with Gasteiger partial charge in [-0.1, -0.05) is 29.8 Å². The zero-order valence-corrected chi connectivity index (χ0v) is 19.7. The summed E-state index contributed by atoms with van der Waals surface area (Å²) in [5.74, 6) is -0.897. The summed E-state index contributed by atoms with van der Waals surface area (Å²) < 4.78 is 15.3. The number of benzene rings is 2. The van der Waals surface area contributed by atoms with Crippen molar-refractivity contribution in [2.24, 2.45) is 11.7 Å². The second-order valence-corrected chi connectivity index (χ2v) is 9.94. The van der Waals surface area contributed by atoms with Crippen LogP contribution in [-0.2, 0) is 12.0 Å². The minimum Gasteiger partial charge on any atom is -0.385 e. The lowest BCUT2D eigenvalue weighted by atomic mass is 9.75. The number of primary amides is 1. The van der Waals surface area contributed by atoms with E-state index in [4.69, 9.17) is 17.3 Å². The fraction of sp³-hybridized carbons (Fsp3) is 0.409. The van der Waals surface area contributed by atoms with E-state index in [9.17, 15) is 14.3 Å². The fourth-order valence-corrected chi connectivity index (χ4v) is 4.86. The molecule has 2 unspecified atom stereocenters. The zero-order chi connectivity index (χ0) is 21.9. The van der Waals surface area contributed by atoms with E-state index < -0.39 is 11.5 Å². The van der Waals surface area contributed by atoms with Crippen molar-refractivity contribution >= 4 is 40.4 Å². The molecular weight excluding hydrogens is 520 g/mol. The normalized spacial score (nSPS) is 22.4.